The van der Waals surface area contributed by atoms with Crippen molar-refractivity contribution in [3.8, 4) is 44.5 Å². The van der Waals surface area contributed by atoms with Crippen LogP contribution in [-0.2, 0) is 22.7 Å². The molecule has 2 aliphatic heterocycles. The fourth-order valence-electron chi connectivity index (χ4n) is 9.30. The first kappa shape index (κ1) is 40.2. The van der Waals surface area contributed by atoms with Crippen molar-refractivity contribution in [2.75, 3.05) is 0 Å². The molecule has 0 atom stereocenters. The number of carbonyl (C=O) groups excluding carboxylic acids is 1. The highest BCUT2D eigenvalue weighted by molar-refractivity contribution is 6.14. The zero-order valence-electron chi connectivity index (χ0n) is 37.8. The first-order valence-corrected chi connectivity index (χ1v) is 22.2. The lowest BCUT2D eigenvalue weighted by Gasteiger charge is -2.19. The molecule has 3 aromatic heterocycles. The van der Waals surface area contributed by atoms with Gasteiger partial charge in [-0.05, 0) is 103 Å². The van der Waals surface area contributed by atoms with E-state index in [1.807, 2.05) is 6.07 Å². The normalized spacial score (nSPS) is 13.6. The first-order chi connectivity index (χ1) is 30.0. The lowest BCUT2D eigenvalue weighted by Crippen LogP contribution is -2.10. The summed E-state index contributed by atoms with van der Waals surface area (Å²) in [6, 6.07) is 41.3. The molecule has 0 spiro atoms. The number of aromatic nitrogens is 4. The molecule has 0 amide bonds. The second kappa shape index (κ2) is 14.6. The molecule has 0 radical (unpaired) electrons. The molecule has 5 heteroatoms. The van der Waals surface area contributed by atoms with Crippen molar-refractivity contribution in [3.05, 3.63) is 166 Å². The van der Waals surface area contributed by atoms with Gasteiger partial charge >= 0.3 is 0 Å². The zero-order valence-corrected chi connectivity index (χ0v) is 37.8. The Morgan fingerprint density at radius 2 is 0.857 bits per heavy atom. The van der Waals surface area contributed by atoms with Crippen molar-refractivity contribution < 1.29 is 4.79 Å². The van der Waals surface area contributed by atoms with Crippen molar-refractivity contribution in [1.29, 1.82) is 0 Å². The minimum atomic E-state index is -0.00686. The van der Waals surface area contributed by atoms with Crippen LogP contribution < -0.4 is 0 Å². The third-order valence-electron chi connectivity index (χ3n) is 12.9. The van der Waals surface area contributed by atoms with Gasteiger partial charge < -0.3 is 9.97 Å². The largest absolute Gasteiger partial charge is 0.354 e. The van der Waals surface area contributed by atoms with Crippen LogP contribution in [0.15, 0.2) is 115 Å². The number of hydrogen-bond acceptors (Lipinski definition) is 3. The SMILES string of the molecule is CC(C)(C)c1ccc(-c2c3nc(c(-c4ccc(C(C)(C)C)cc4)c4ccc([nH]4)c(-c4ccc(C(C)(C)C)cc4)c4cc5c([nH]4)c(c4nc2C=C4)-c2ccccc2CC5=O)C=C3)cc1. The number of nitrogens with zero attached hydrogens (tertiary/aromatic N) is 2. The summed E-state index contributed by atoms with van der Waals surface area (Å²) >= 11 is 0. The molecule has 63 heavy (non-hydrogen) atoms. The quantitative estimate of drug-likeness (QED) is 0.186. The molecule has 0 saturated heterocycles. The number of carbonyl (C=O) groups is 1. The summed E-state index contributed by atoms with van der Waals surface area (Å²) in [4.78, 5) is 33.3. The van der Waals surface area contributed by atoms with Crippen molar-refractivity contribution >= 4 is 52.2 Å². The van der Waals surface area contributed by atoms with E-state index in [4.69, 9.17) is 9.97 Å². The van der Waals surface area contributed by atoms with Gasteiger partial charge in [-0.15, -0.1) is 0 Å². The van der Waals surface area contributed by atoms with Gasteiger partial charge in [0.15, 0.2) is 5.78 Å². The van der Waals surface area contributed by atoms with Gasteiger partial charge in [-0.1, -0.05) is 159 Å². The maximum Gasteiger partial charge on any atom is 0.169 e. The van der Waals surface area contributed by atoms with Gasteiger partial charge in [0.1, 0.15) is 0 Å². The van der Waals surface area contributed by atoms with Crippen LogP contribution in [0.3, 0.4) is 0 Å². The van der Waals surface area contributed by atoms with Crippen molar-refractivity contribution in [1.82, 2.24) is 19.9 Å². The van der Waals surface area contributed by atoms with Crippen molar-refractivity contribution in [3.63, 3.8) is 0 Å². The summed E-state index contributed by atoms with van der Waals surface area (Å²) in [6.07, 6.45) is 8.80. The number of H-pyrrole nitrogens is 2. The molecule has 0 unspecified atom stereocenters. The Bertz CT molecular complexity index is 3220. The Balaban J connectivity index is 1.37. The van der Waals surface area contributed by atoms with Crippen LogP contribution in [0, 0.1) is 0 Å². The fourth-order valence-corrected chi connectivity index (χ4v) is 9.30. The monoisotopic (exact) mass is 822 g/mol. The van der Waals surface area contributed by atoms with Crippen LogP contribution in [-0.4, -0.2) is 25.7 Å². The van der Waals surface area contributed by atoms with Gasteiger partial charge in [-0.25, -0.2) is 9.97 Å². The van der Waals surface area contributed by atoms with Crippen LogP contribution in [0.1, 0.15) is 118 Å². The van der Waals surface area contributed by atoms with Gasteiger partial charge in [-0.3, -0.25) is 4.79 Å². The molecule has 312 valence electrons. The van der Waals surface area contributed by atoms with E-state index in [0.29, 0.717) is 12.0 Å². The Morgan fingerprint density at radius 3 is 1.37 bits per heavy atom. The predicted octanol–water partition coefficient (Wildman–Crippen LogP) is 15.0. The maximum absolute atomic E-state index is 14.5. The Morgan fingerprint density at radius 1 is 0.429 bits per heavy atom. The molecule has 2 N–H and O–H groups in total. The molecule has 3 aliphatic rings. The first-order valence-electron chi connectivity index (χ1n) is 22.2. The molecule has 0 saturated carbocycles. The second-order valence-electron chi connectivity index (χ2n) is 20.4. The van der Waals surface area contributed by atoms with E-state index < -0.39 is 0 Å². The molecule has 8 bridgehead atoms. The highest BCUT2D eigenvalue weighted by atomic mass is 16.1. The third-order valence-corrected chi connectivity index (χ3v) is 12.9. The Kier molecular flexibility index (Phi) is 9.34. The van der Waals surface area contributed by atoms with Crippen molar-refractivity contribution in [2.45, 2.75) is 85.0 Å². The molecule has 7 aromatic rings. The molecule has 5 nitrogen and oxygen atoms in total. The summed E-state index contributed by atoms with van der Waals surface area (Å²) in [6.45, 7) is 20.2. The third kappa shape index (κ3) is 7.20. The summed E-state index contributed by atoms with van der Waals surface area (Å²) in [5, 5.41) is 0. The van der Waals surface area contributed by atoms with E-state index in [0.717, 1.165) is 94.9 Å². The van der Waals surface area contributed by atoms with Crippen LogP contribution in [0.25, 0.3) is 90.9 Å². The summed E-state index contributed by atoms with van der Waals surface area (Å²) in [5.41, 5.74) is 20.3. The molecular weight excluding hydrogens is 769 g/mol. The summed E-state index contributed by atoms with van der Waals surface area (Å²) < 4.78 is 0. The highest BCUT2D eigenvalue weighted by Gasteiger charge is 2.27. The lowest BCUT2D eigenvalue weighted by atomic mass is 9.86. The van der Waals surface area contributed by atoms with E-state index in [-0.39, 0.29) is 22.0 Å². The van der Waals surface area contributed by atoms with Crippen molar-refractivity contribution in [2.24, 2.45) is 0 Å². The standard InChI is InChI=1S/C58H54N4O/c1-56(2,3)38-20-14-34(15-21-38)51-43-26-27-44(59-43)52(35-16-22-39(23-17-35)57(4,5)6)46-30-31-48(61-46)54-41-13-11-10-12-37(41)32-50(63)42-33-49(62-55(42)54)53(47-29-28-45(51)60-47)36-18-24-40(25-19-36)58(7,8)9/h10-31,33,60,62H,32H2,1-9H3. The minimum absolute atomic E-state index is 0.00313. The van der Waals surface area contributed by atoms with E-state index in [1.165, 1.54) is 16.7 Å². The average molecular weight is 823 g/mol. The average Bonchev–Trinajstić information content (AvgIpc) is 4.08. The number of hydrogen-bond donors (Lipinski definition) is 2. The van der Waals surface area contributed by atoms with Gasteiger partial charge in [0.05, 0.1) is 28.3 Å². The van der Waals surface area contributed by atoms with E-state index in [2.05, 4.69) is 206 Å². The second-order valence-corrected chi connectivity index (χ2v) is 20.4. The number of aromatic amines is 2. The molecule has 4 aromatic carbocycles. The number of fused-ring (bicyclic) bond motifs is 10. The van der Waals surface area contributed by atoms with Gasteiger partial charge in [0.2, 0.25) is 0 Å². The number of ketones is 1. The lowest BCUT2D eigenvalue weighted by molar-refractivity contribution is 0.0995. The van der Waals surface area contributed by atoms with E-state index in [9.17, 15) is 4.79 Å². The number of benzene rings is 4. The molecule has 0 fully saturated rings. The number of rotatable bonds is 3. The highest BCUT2D eigenvalue weighted by Crippen LogP contribution is 2.42. The van der Waals surface area contributed by atoms with Gasteiger partial charge in [0.25, 0.3) is 0 Å². The Hall–Kier alpha value is -6.85. The predicted molar refractivity (Wildman–Crippen MR) is 265 cm³/mol. The number of nitrogens with one attached hydrogen (secondary N) is 2. The van der Waals surface area contributed by atoms with Crippen LogP contribution in [0.2, 0.25) is 0 Å². The fraction of sp³-hybridized carbons (Fsp3) is 0.224. The summed E-state index contributed by atoms with van der Waals surface area (Å²) in [5.74, 6) is 0.0722. The minimum Gasteiger partial charge on any atom is -0.354 e. The molecule has 10 rings (SSSR count). The topological polar surface area (TPSA) is 74.4 Å². The number of Topliss-reactive ketones (excluding diaryl/α,β-unsaturated/α-hetero) is 1. The molecular formula is C58H54N4O. The van der Waals surface area contributed by atoms with Crippen LogP contribution in [0.4, 0.5) is 0 Å². The maximum atomic E-state index is 14.5. The van der Waals surface area contributed by atoms with Crippen LogP contribution >= 0.6 is 0 Å². The smallest absolute Gasteiger partial charge is 0.169 e. The summed E-state index contributed by atoms with van der Waals surface area (Å²) in [7, 11) is 0. The van der Waals surface area contributed by atoms with E-state index >= 15 is 0 Å². The van der Waals surface area contributed by atoms with E-state index in [1.54, 1.807) is 0 Å². The van der Waals surface area contributed by atoms with Gasteiger partial charge in [-0.2, -0.15) is 0 Å². The van der Waals surface area contributed by atoms with Crippen LogP contribution in [0.5, 0.6) is 0 Å². The zero-order chi connectivity index (χ0) is 44.0. The molecule has 5 heterocycles. The van der Waals surface area contributed by atoms with Gasteiger partial charge in [0, 0.05) is 50.8 Å². The molecule has 1 aliphatic carbocycles. The Labute approximate surface area is 370 Å².